The van der Waals surface area contributed by atoms with Crippen molar-refractivity contribution >= 4 is 28.2 Å². The first-order valence-electron chi connectivity index (χ1n) is 7.63. The Morgan fingerprint density at radius 2 is 1.86 bits per heavy atom. The Labute approximate surface area is 130 Å². The highest BCUT2D eigenvalue weighted by Gasteiger charge is 2.26. The molecule has 0 spiro atoms. The van der Waals surface area contributed by atoms with Crippen LogP contribution in [0.25, 0.3) is 0 Å². The number of rotatable bonds is 5. The lowest BCUT2D eigenvalue weighted by molar-refractivity contribution is 0.0649. The summed E-state index contributed by atoms with van der Waals surface area (Å²) in [6.45, 7) is 12.5. The van der Waals surface area contributed by atoms with Crippen molar-refractivity contribution in [2.75, 3.05) is 56.4 Å². The average Bonchev–Trinajstić information content (AvgIpc) is 2.89. The molecule has 118 valence electrons. The van der Waals surface area contributed by atoms with Gasteiger partial charge in [0.1, 0.15) is 10.7 Å². The molecule has 2 rings (SSSR count). The minimum atomic E-state index is 0.0270. The van der Waals surface area contributed by atoms with Crippen molar-refractivity contribution in [2.45, 2.75) is 20.8 Å². The van der Waals surface area contributed by atoms with Crippen LogP contribution in [0.3, 0.4) is 0 Å². The molecule has 0 saturated carbocycles. The lowest BCUT2D eigenvalue weighted by Crippen LogP contribution is -2.48. The van der Waals surface area contributed by atoms with E-state index in [1.807, 2.05) is 4.90 Å². The van der Waals surface area contributed by atoms with Gasteiger partial charge in [0, 0.05) is 39.3 Å². The highest BCUT2D eigenvalue weighted by atomic mass is 32.1. The number of nitrogens with zero attached hydrogens (tertiary/aromatic N) is 4. The predicted octanol–water partition coefficient (Wildman–Crippen LogP) is 1.35. The summed E-state index contributed by atoms with van der Waals surface area (Å²) in [5.74, 6) is 0.393. The standard InChI is InChI=1S/C14H25N5OS/c1-4-17-7-9-19(10-8-17)13(20)11-12(15)16-14(21-11)18(5-2)6-3/h4-10,15H2,1-3H3. The molecule has 0 bridgehead atoms. The molecule has 0 aromatic carbocycles. The summed E-state index contributed by atoms with van der Waals surface area (Å²) < 4.78 is 0. The first-order chi connectivity index (χ1) is 10.1. The Morgan fingerprint density at radius 1 is 1.24 bits per heavy atom. The SMILES string of the molecule is CCN1CCN(C(=O)c2sc(N(CC)CC)nc2N)CC1. The van der Waals surface area contributed by atoms with Gasteiger partial charge in [0.15, 0.2) is 5.13 Å². The van der Waals surface area contributed by atoms with Gasteiger partial charge in [-0.05, 0) is 20.4 Å². The smallest absolute Gasteiger partial charge is 0.267 e. The van der Waals surface area contributed by atoms with Gasteiger partial charge in [-0.2, -0.15) is 0 Å². The maximum absolute atomic E-state index is 12.6. The van der Waals surface area contributed by atoms with E-state index in [-0.39, 0.29) is 5.91 Å². The molecular weight excluding hydrogens is 286 g/mol. The van der Waals surface area contributed by atoms with Gasteiger partial charge in [-0.25, -0.2) is 4.98 Å². The first kappa shape index (κ1) is 16.0. The lowest BCUT2D eigenvalue weighted by Gasteiger charge is -2.33. The summed E-state index contributed by atoms with van der Waals surface area (Å²) in [5.41, 5.74) is 5.96. The Morgan fingerprint density at radius 3 is 2.38 bits per heavy atom. The van der Waals surface area contributed by atoms with Crippen LogP contribution in [0.5, 0.6) is 0 Å². The van der Waals surface area contributed by atoms with Gasteiger partial charge in [-0.3, -0.25) is 4.79 Å². The molecule has 1 saturated heterocycles. The zero-order chi connectivity index (χ0) is 15.4. The molecule has 0 aliphatic carbocycles. The molecule has 1 aromatic rings. The number of amides is 1. The van der Waals surface area contributed by atoms with E-state index in [0.717, 1.165) is 50.9 Å². The average molecular weight is 311 g/mol. The third kappa shape index (κ3) is 3.47. The Hall–Kier alpha value is -1.34. The second-order valence-electron chi connectivity index (χ2n) is 5.11. The van der Waals surface area contributed by atoms with Crippen molar-refractivity contribution in [1.82, 2.24) is 14.8 Å². The minimum Gasteiger partial charge on any atom is -0.382 e. The normalized spacial score (nSPS) is 16.2. The molecule has 0 atom stereocenters. The first-order valence-corrected chi connectivity index (χ1v) is 8.45. The van der Waals surface area contributed by atoms with E-state index in [1.165, 1.54) is 11.3 Å². The van der Waals surface area contributed by atoms with Crippen molar-refractivity contribution < 1.29 is 4.79 Å². The molecule has 21 heavy (non-hydrogen) atoms. The molecule has 2 N–H and O–H groups in total. The minimum absolute atomic E-state index is 0.0270. The van der Waals surface area contributed by atoms with Crippen LogP contribution in [-0.2, 0) is 0 Å². The van der Waals surface area contributed by atoms with Crippen LogP contribution in [-0.4, -0.2) is 66.5 Å². The lowest BCUT2D eigenvalue weighted by atomic mass is 10.3. The zero-order valence-corrected chi connectivity index (χ0v) is 13.9. The summed E-state index contributed by atoms with van der Waals surface area (Å²) in [7, 11) is 0. The summed E-state index contributed by atoms with van der Waals surface area (Å²) >= 11 is 1.41. The van der Waals surface area contributed by atoms with Crippen molar-refractivity contribution in [3.8, 4) is 0 Å². The van der Waals surface area contributed by atoms with Crippen LogP contribution >= 0.6 is 11.3 Å². The second-order valence-corrected chi connectivity index (χ2v) is 6.09. The van der Waals surface area contributed by atoms with E-state index in [9.17, 15) is 4.79 Å². The topological polar surface area (TPSA) is 65.7 Å². The van der Waals surface area contributed by atoms with E-state index < -0.39 is 0 Å². The fourth-order valence-corrected chi connectivity index (χ4v) is 3.59. The largest absolute Gasteiger partial charge is 0.382 e. The summed E-state index contributed by atoms with van der Waals surface area (Å²) in [6.07, 6.45) is 0. The van der Waals surface area contributed by atoms with Crippen LogP contribution in [0, 0.1) is 0 Å². The maximum Gasteiger partial charge on any atom is 0.267 e. The number of likely N-dealkylation sites (N-methyl/N-ethyl adjacent to an activating group) is 1. The van der Waals surface area contributed by atoms with E-state index in [1.54, 1.807) is 0 Å². The van der Waals surface area contributed by atoms with E-state index in [0.29, 0.717) is 10.7 Å². The number of carbonyl (C=O) groups is 1. The van der Waals surface area contributed by atoms with Crippen LogP contribution in [0.15, 0.2) is 0 Å². The highest BCUT2D eigenvalue weighted by molar-refractivity contribution is 7.18. The fourth-order valence-electron chi connectivity index (χ4n) is 2.51. The third-order valence-corrected chi connectivity index (χ3v) is 5.10. The number of piperazine rings is 1. The number of hydrogen-bond donors (Lipinski definition) is 1. The summed E-state index contributed by atoms with van der Waals surface area (Å²) in [5, 5.41) is 0.841. The number of hydrogen-bond acceptors (Lipinski definition) is 6. The van der Waals surface area contributed by atoms with Crippen molar-refractivity contribution in [3.05, 3.63) is 4.88 Å². The number of carbonyl (C=O) groups excluding carboxylic acids is 1. The Bertz CT molecular complexity index is 478. The molecule has 1 fully saturated rings. The molecule has 1 aliphatic heterocycles. The molecule has 1 aromatic heterocycles. The zero-order valence-electron chi connectivity index (χ0n) is 13.1. The van der Waals surface area contributed by atoms with Gasteiger partial charge in [0.25, 0.3) is 5.91 Å². The fraction of sp³-hybridized carbons (Fsp3) is 0.714. The number of thiazole rings is 1. The number of nitrogens with two attached hydrogens (primary N) is 1. The molecule has 0 unspecified atom stereocenters. The van der Waals surface area contributed by atoms with Gasteiger partial charge in [0.05, 0.1) is 0 Å². The van der Waals surface area contributed by atoms with Crippen molar-refractivity contribution in [2.24, 2.45) is 0 Å². The highest BCUT2D eigenvalue weighted by Crippen LogP contribution is 2.29. The van der Waals surface area contributed by atoms with Crippen LogP contribution in [0.2, 0.25) is 0 Å². The van der Waals surface area contributed by atoms with Crippen molar-refractivity contribution in [3.63, 3.8) is 0 Å². The molecule has 7 heteroatoms. The van der Waals surface area contributed by atoms with Gasteiger partial charge >= 0.3 is 0 Å². The predicted molar refractivity (Wildman–Crippen MR) is 88.1 cm³/mol. The summed E-state index contributed by atoms with van der Waals surface area (Å²) in [6, 6.07) is 0. The van der Waals surface area contributed by atoms with Gasteiger partial charge in [-0.15, -0.1) is 0 Å². The molecule has 2 heterocycles. The van der Waals surface area contributed by atoms with E-state index in [4.69, 9.17) is 5.73 Å². The van der Waals surface area contributed by atoms with Crippen molar-refractivity contribution in [1.29, 1.82) is 0 Å². The van der Waals surface area contributed by atoms with Crippen LogP contribution in [0.4, 0.5) is 10.9 Å². The number of aromatic nitrogens is 1. The Kier molecular flexibility index (Phi) is 5.41. The van der Waals surface area contributed by atoms with Crippen LogP contribution < -0.4 is 10.6 Å². The Balaban J connectivity index is 2.09. The monoisotopic (exact) mass is 311 g/mol. The number of anilines is 2. The van der Waals surface area contributed by atoms with Crippen LogP contribution in [0.1, 0.15) is 30.4 Å². The van der Waals surface area contributed by atoms with Gasteiger partial charge in [-0.1, -0.05) is 18.3 Å². The molecule has 6 nitrogen and oxygen atoms in total. The molecule has 0 radical (unpaired) electrons. The van der Waals surface area contributed by atoms with E-state index >= 15 is 0 Å². The van der Waals surface area contributed by atoms with Gasteiger partial charge < -0.3 is 20.4 Å². The molecular formula is C14H25N5OS. The molecule has 1 aliphatic rings. The second kappa shape index (κ2) is 7.09. The quantitative estimate of drug-likeness (QED) is 0.889. The maximum atomic E-state index is 12.6. The van der Waals surface area contributed by atoms with Gasteiger partial charge in [0.2, 0.25) is 0 Å². The van der Waals surface area contributed by atoms with E-state index in [2.05, 4.69) is 35.6 Å². The molecule has 1 amide bonds. The number of nitrogen functional groups attached to an aromatic ring is 1. The summed E-state index contributed by atoms with van der Waals surface area (Å²) in [4.78, 5) is 23.9. The third-order valence-electron chi connectivity index (χ3n) is 3.98.